The first kappa shape index (κ1) is 26.4. The lowest BCUT2D eigenvalue weighted by Gasteiger charge is -2.30. The summed E-state index contributed by atoms with van der Waals surface area (Å²) in [6.07, 6.45) is -0.566. The summed E-state index contributed by atoms with van der Waals surface area (Å²) < 4.78 is 0. The van der Waals surface area contributed by atoms with Crippen molar-refractivity contribution in [2.75, 3.05) is 0 Å². The van der Waals surface area contributed by atoms with Crippen molar-refractivity contribution in [3.63, 3.8) is 0 Å². The molecule has 0 heterocycles. The van der Waals surface area contributed by atoms with Crippen LogP contribution >= 0.6 is 0 Å². The van der Waals surface area contributed by atoms with E-state index in [0.717, 1.165) is 11.1 Å². The largest absolute Gasteiger partial charge is 0.390 e. The molecule has 3 rings (SSSR count). The van der Waals surface area contributed by atoms with Crippen molar-refractivity contribution < 1.29 is 19.5 Å². The highest BCUT2D eigenvalue weighted by Gasteiger charge is 2.56. The average Bonchev–Trinajstić information content (AvgIpc) is 3.51. The quantitative estimate of drug-likeness (QED) is 0.396. The summed E-state index contributed by atoms with van der Waals surface area (Å²) in [7, 11) is 0. The lowest BCUT2D eigenvalue weighted by Crippen LogP contribution is -2.56. The van der Waals surface area contributed by atoms with Crippen LogP contribution in [0.2, 0.25) is 0 Å². The molecule has 188 valence electrons. The van der Waals surface area contributed by atoms with E-state index < -0.39 is 30.1 Å². The molecule has 1 aliphatic rings. The number of hydrogen-bond acceptors (Lipinski definition) is 4. The average molecular weight is 480 g/mol. The Morgan fingerprint density at radius 3 is 2.09 bits per heavy atom. The van der Waals surface area contributed by atoms with Crippen LogP contribution in [0.4, 0.5) is 4.79 Å². The predicted octanol–water partition coefficient (Wildman–Crippen LogP) is 3.38. The smallest absolute Gasteiger partial charge is 0.315 e. The first-order valence-electron chi connectivity index (χ1n) is 12.3. The Labute approximate surface area is 207 Å². The Morgan fingerprint density at radius 2 is 1.51 bits per heavy atom. The Balaban J connectivity index is 1.63. The second kappa shape index (κ2) is 12.0. The van der Waals surface area contributed by atoms with Gasteiger partial charge in [-0.2, -0.15) is 0 Å². The van der Waals surface area contributed by atoms with E-state index in [-0.39, 0.29) is 29.4 Å². The standard InChI is InChI=1S/C28H37N3O4/c1-17(2)15-21(30-28(35)29-16-19-11-7-5-8-12-19)27(34)31-24(18(3)4)26(33)23-22(25(23)32)20-13-9-6-10-14-20/h5-14,17-18,21-24,26,33H,15-16H2,1-4H3,(H,31,34)(H2,29,30,35)/t21-,22?,23?,24-,26-/m0/s1. The van der Waals surface area contributed by atoms with E-state index in [9.17, 15) is 19.5 Å². The fraction of sp³-hybridized carbons (Fsp3) is 0.464. The Bertz CT molecular complexity index is 994. The molecule has 2 aromatic carbocycles. The molecule has 0 aromatic heterocycles. The van der Waals surface area contributed by atoms with Gasteiger partial charge in [-0.1, -0.05) is 88.4 Å². The van der Waals surface area contributed by atoms with Gasteiger partial charge in [0.1, 0.15) is 11.8 Å². The van der Waals surface area contributed by atoms with Gasteiger partial charge in [0.2, 0.25) is 5.91 Å². The van der Waals surface area contributed by atoms with Crippen molar-refractivity contribution in [2.45, 2.75) is 64.8 Å². The molecule has 7 heteroatoms. The molecule has 5 atom stereocenters. The van der Waals surface area contributed by atoms with E-state index >= 15 is 0 Å². The highest BCUT2D eigenvalue weighted by Crippen LogP contribution is 2.46. The number of benzene rings is 2. The third-order valence-electron chi connectivity index (χ3n) is 6.43. The molecule has 0 saturated heterocycles. The minimum Gasteiger partial charge on any atom is -0.390 e. The minimum absolute atomic E-state index is 0.0132. The molecule has 2 aromatic rings. The van der Waals surface area contributed by atoms with E-state index in [1.807, 2.05) is 88.4 Å². The number of amides is 3. The van der Waals surface area contributed by atoms with Crippen molar-refractivity contribution in [3.8, 4) is 0 Å². The first-order chi connectivity index (χ1) is 16.7. The maximum Gasteiger partial charge on any atom is 0.315 e. The highest BCUT2D eigenvalue weighted by atomic mass is 16.3. The molecule has 0 radical (unpaired) electrons. The number of ketones is 1. The van der Waals surface area contributed by atoms with Crippen LogP contribution in [0.3, 0.4) is 0 Å². The monoisotopic (exact) mass is 479 g/mol. The normalized spacial score (nSPS) is 19.7. The zero-order valence-corrected chi connectivity index (χ0v) is 20.9. The van der Waals surface area contributed by atoms with Crippen LogP contribution in [0.5, 0.6) is 0 Å². The molecular weight excluding hydrogens is 442 g/mol. The number of carbonyl (C=O) groups excluding carboxylic acids is 3. The van der Waals surface area contributed by atoms with E-state index in [2.05, 4.69) is 16.0 Å². The maximum absolute atomic E-state index is 13.2. The second-order valence-corrected chi connectivity index (χ2v) is 10.1. The number of carbonyl (C=O) groups is 3. The van der Waals surface area contributed by atoms with Gasteiger partial charge in [-0.05, 0) is 29.4 Å². The third kappa shape index (κ3) is 7.15. The van der Waals surface area contributed by atoms with E-state index in [1.54, 1.807) is 0 Å². The van der Waals surface area contributed by atoms with Crippen molar-refractivity contribution in [1.82, 2.24) is 16.0 Å². The summed E-state index contributed by atoms with van der Waals surface area (Å²) >= 11 is 0. The molecule has 1 aliphatic carbocycles. The van der Waals surface area contributed by atoms with Gasteiger partial charge >= 0.3 is 6.03 Å². The number of Topliss-reactive ketones (excluding diaryl/α,β-unsaturated/α-hetero) is 1. The number of urea groups is 1. The van der Waals surface area contributed by atoms with Gasteiger partial charge in [-0.15, -0.1) is 0 Å². The SMILES string of the molecule is CC(C)C[C@H](NC(=O)NCc1ccccc1)C(=O)N[C@@H](C(C)C)[C@@H](O)C1C(=O)C1c1ccccc1. The summed E-state index contributed by atoms with van der Waals surface area (Å²) in [5.41, 5.74) is 1.84. The third-order valence-corrected chi connectivity index (χ3v) is 6.43. The molecule has 0 spiro atoms. The van der Waals surface area contributed by atoms with Gasteiger partial charge in [0.15, 0.2) is 0 Å². The van der Waals surface area contributed by atoms with Crippen molar-refractivity contribution in [3.05, 3.63) is 71.8 Å². The molecule has 2 unspecified atom stereocenters. The Hall–Kier alpha value is -3.19. The molecule has 35 heavy (non-hydrogen) atoms. The lowest BCUT2D eigenvalue weighted by molar-refractivity contribution is -0.126. The summed E-state index contributed by atoms with van der Waals surface area (Å²) in [6.45, 7) is 8.10. The van der Waals surface area contributed by atoms with Crippen molar-refractivity contribution >= 4 is 17.7 Å². The molecular formula is C28H37N3O4. The number of aliphatic hydroxyl groups is 1. The predicted molar refractivity (Wildman–Crippen MR) is 136 cm³/mol. The second-order valence-electron chi connectivity index (χ2n) is 10.1. The molecule has 0 bridgehead atoms. The minimum atomic E-state index is -1.01. The summed E-state index contributed by atoms with van der Waals surface area (Å²) in [5.74, 6) is -1.22. The number of hydrogen-bond donors (Lipinski definition) is 4. The van der Waals surface area contributed by atoms with E-state index in [0.29, 0.717) is 13.0 Å². The molecule has 0 aliphatic heterocycles. The number of rotatable bonds is 11. The van der Waals surface area contributed by atoms with E-state index in [4.69, 9.17) is 0 Å². The van der Waals surface area contributed by atoms with Gasteiger partial charge in [0.05, 0.1) is 24.0 Å². The van der Waals surface area contributed by atoms with Gasteiger partial charge in [0.25, 0.3) is 0 Å². The van der Waals surface area contributed by atoms with Crippen LogP contribution in [-0.2, 0) is 16.1 Å². The molecule has 4 N–H and O–H groups in total. The van der Waals surface area contributed by atoms with Gasteiger partial charge in [0, 0.05) is 6.54 Å². The zero-order valence-electron chi connectivity index (χ0n) is 20.9. The first-order valence-corrected chi connectivity index (χ1v) is 12.3. The van der Waals surface area contributed by atoms with Gasteiger partial charge in [-0.25, -0.2) is 4.79 Å². The Kier molecular flexibility index (Phi) is 9.04. The highest BCUT2D eigenvalue weighted by molar-refractivity contribution is 6.05. The lowest BCUT2D eigenvalue weighted by atomic mass is 9.92. The molecule has 7 nitrogen and oxygen atoms in total. The number of nitrogens with one attached hydrogen (secondary N) is 3. The van der Waals surface area contributed by atoms with Gasteiger partial charge in [-0.3, -0.25) is 9.59 Å². The maximum atomic E-state index is 13.2. The summed E-state index contributed by atoms with van der Waals surface area (Å²) in [6, 6.07) is 17.1. The van der Waals surface area contributed by atoms with Crippen LogP contribution in [-0.4, -0.2) is 41.0 Å². The molecule has 1 fully saturated rings. The van der Waals surface area contributed by atoms with Gasteiger partial charge < -0.3 is 21.1 Å². The van der Waals surface area contributed by atoms with E-state index in [1.165, 1.54) is 0 Å². The van der Waals surface area contributed by atoms with Crippen LogP contribution in [0.1, 0.15) is 51.2 Å². The molecule has 1 saturated carbocycles. The fourth-order valence-corrected chi connectivity index (χ4v) is 4.48. The topological polar surface area (TPSA) is 108 Å². The van der Waals surface area contributed by atoms with Crippen molar-refractivity contribution in [1.29, 1.82) is 0 Å². The zero-order chi connectivity index (χ0) is 25.5. The number of aliphatic hydroxyl groups excluding tert-OH is 1. The van der Waals surface area contributed by atoms with Crippen LogP contribution in [0, 0.1) is 17.8 Å². The Morgan fingerprint density at radius 1 is 0.914 bits per heavy atom. The van der Waals surface area contributed by atoms with Crippen LogP contribution in [0.25, 0.3) is 0 Å². The fourth-order valence-electron chi connectivity index (χ4n) is 4.48. The summed E-state index contributed by atoms with van der Waals surface area (Å²) in [4.78, 5) is 38.3. The van der Waals surface area contributed by atoms with Crippen LogP contribution in [0.15, 0.2) is 60.7 Å². The molecule has 3 amide bonds. The van der Waals surface area contributed by atoms with Crippen molar-refractivity contribution in [2.24, 2.45) is 17.8 Å². The summed E-state index contributed by atoms with van der Waals surface area (Å²) in [5, 5.41) is 19.6. The van der Waals surface area contributed by atoms with Crippen LogP contribution < -0.4 is 16.0 Å².